The van der Waals surface area contributed by atoms with Gasteiger partial charge in [0.15, 0.2) is 0 Å². The van der Waals surface area contributed by atoms with Crippen LogP contribution in [0.2, 0.25) is 0 Å². The van der Waals surface area contributed by atoms with Crippen LogP contribution in [0.25, 0.3) is 10.2 Å². The normalized spacial score (nSPS) is 12.1. The first-order valence-corrected chi connectivity index (χ1v) is 11.7. The molecule has 0 saturated carbocycles. The molecule has 4 N–H and O–H groups in total. The summed E-state index contributed by atoms with van der Waals surface area (Å²) in [5.41, 5.74) is 3.71. The van der Waals surface area contributed by atoms with Crippen molar-refractivity contribution in [1.82, 2.24) is 15.2 Å². The predicted molar refractivity (Wildman–Crippen MR) is 144 cm³/mol. The molecule has 3 rings (SSSR count). The Balaban J connectivity index is 0.00000289. The van der Waals surface area contributed by atoms with Crippen molar-refractivity contribution in [2.24, 2.45) is 5.92 Å². The lowest BCUT2D eigenvalue weighted by Gasteiger charge is -2.23. The molecule has 0 radical (unpaired) electrons. The highest BCUT2D eigenvalue weighted by Crippen LogP contribution is 2.28. The van der Waals surface area contributed by atoms with E-state index in [1.54, 1.807) is 19.2 Å². The van der Waals surface area contributed by atoms with Crippen molar-refractivity contribution in [2.75, 3.05) is 26.9 Å². The number of nitrogens with one attached hydrogen (secondary N) is 2. The van der Waals surface area contributed by atoms with Crippen LogP contribution in [0.1, 0.15) is 30.5 Å². The van der Waals surface area contributed by atoms with Crippen LogP contribution in [0.4, 0.5) is 0 Å². The molecule has 0 spiro atoms. The van der Waals surface area contributed by atoms with E-state index < -0.39 is 6.23 Å². The van der Waals surface area contributed by atoms with Gasteiger partial charge in [0.05, 0.1) is 11.4 Å². The van der Waals surface area contributed by atoms with E-state index in [0.29, 0.717) is 35.8 Å². The number of nitrogens with zero attached hydrogens (tertiary/aromatic N) is 1. The van der Waals surface area contributed by atoms with Gasteiger partial charge in [0.1, 0.15) is 17.5 Å². The molecule has 190 valence electrons. The number of aromatic nitrogens is 1. The minimum absolute atomic E-state index is 0. The fourth-order valence-corrected chi connectivity index (χ4v) is 4.78. The molecule has 0 bridgehead atoms. The molecule has 34 heavy (non-hydrogen) atoms. The minimum Gasteiger partial charge on any atom is -0.506 e. The molecule has 1 aromatic heterocycles. The molecule has 0 aliphatic rings. The number of aliphatic hydroxyl groups is 1. The molecule has 7 nitrogen and oxygen atoms in total. The molecular weight excluding hydrogens is 497 g/mol. The molecule has 0 aliphatic heterocycles. The van der Waals surface area contributed by atoms with Crippen LogP contribution in [0.3, 0.4) is 0 Å². The van der Waals surface area contributed by atoms with Gasteiger partial charge in [-0.3, -0.25) is 15.0 Å². The quantitative estimate of drug-likeness (QED) is 0.264. The van der Waals surface area contributed by atoms with Crippen LogP contribution in [-0.4, -0.2) is 53.3 Å². The van der Waals surface area contributed by atoms with E-state index >= 15 is 0 Å². The van der Waals surface area contributed by atoms with Crippen LogP contribution in [0, 0.1) is 5.92 Å². The van der Waals surface area contributed by atoms with Gasteiger partial charge < -0.3 is 19.9 Å². The monoisotopic (exact) mass is 531 g/mol. The fraction of sp³-hybridized carbons (Fsp3) is 0.458. The number of phenolic OH excluding ortho intramolecular Hbond substituents is 1. The molecule has 2 aromatic carbocycles. The summed E-state index contributed by atoms with van der Waals surface area (Å²) in [7, 11) is 1.72. The third kappa shape index (κ3) is 8.85. The Morgan fingerprint density at radius 3 is 2.62 bits per heavy atom. The zero-order valence-electron chi connectivity index (χ0n) is 19.7. The molecule has 0 aliphatic carbocycles. The Morgan fingerprint density at radius 2 is 1.91 bits per heavy atom. The number of aromatic hydroxyl groups is 1. The topological polar surface area (TPSA) is 97.8 Å². The number of hydrogen-bond acceptors (Lipinski definition) is 7. The number of ether oxygens (including phenoxy) is 1. The van der Waals surface area contributed by atoms with Crippen molar-refractivity contribution in [3.63, 3.8) is 0 Å². The highest BCUT2D eigenvalue weighted by atomic mass is 35.5. The number of hydrogen-bond donors (Lipinski definition) is 4. The molecular formula is C24H35Cl2N3O4S. The van der Waals surface area contributed by atoms with E-state index in [4.69, 9.17) is 4.74 Å². The summed E-state index contributed by atoms with van der Waals surface area (Å²) in [4.78, 5) is 16.4. The van der Waals surface area contributed by atoms with Gasteiger partial charge >= 0.3 is 4.87 Å². The van der Waals surface area contributed by atoms with Gasteiger partial charge in [-0.1, -0.05) is 55.5 Å². The smallest absolute Gasteiger partial charge is 0.305 e. The SMILES string of the molecule is COCN(Cc1cccc(CCNC(O)Cc2ccc(O)c3[nH]c(=O)sc23)c1)CC(C)C.Cl.Cl. The van der Waals surface area contributed by atoms with E-state index in [2.05, 4.69) is 53.3 Å². The highest BCUT2D eigenvalue weighted by molar-refractivity contribution is 7.16. The Labute approximate surface area is 217 Å². The van der Waals surface area contributed by atoms with E-state index in [0.717, 1.165) is 36.4 Å². The summed E-state index contributed by atoms with van der Waals surface area (Å²) < 4.78 is 6.02. The summed E-state index contributed by atoms with van der Waals surface area (Å²) in [5, 5.41) is 23.5. The van der Waals surface area contributed by atoms with Gasteiger partial charge in [-0.25, -0.2) is 0 Å². The lowest BCUT2D eigenvalue weighted by atomic mass is 10.1. The van der Waals surface area contributed by atoms with Crippen LogP contribution >= 0.6 is 36.2 Å². The summed E-state index contributed by atoms with van der Waals surface area (Å²) in [6, 6.07) is 11.8. The number of methoxy groups -OCH3 is 1. The number of rotatable bonds is 12. The van der Waals surface area contributed by atoms with Gasteiger partial charge in [0.2, 0.25) is 0 Å². The maximum absolute atomic E-state index is 11.7. The predicted octanol–water partition coefficient (Wildman–Crippen LogP) is 3.89. The van der Waals surface area contributed by atoms with Crippen molar-refractivity contribution >= 4 is 46.4 Å². The van der Waals surface area contributed by atoms with Crippen molar-refractivity contribution in [3.8, 4) is 5.75 Å². The maximum Gasteiger partial charge on any atom is 0.305 e. The zero-order valence-corrected chi connectivity index (χ0v) is 22.2. The Hall–Kier alpha value is -1.65. The number of halogens is 2. The third-order valence-corrected chi connectivity index (χ3v) is 6.14. The standard InChI is InChI=1S/C24H33N3O4S.2ClH/c1-16(2)13-27(15-31-3)14-18-6-4-5-17(11-18)9-10-25-21(29)12-19-7-8-20(28)22-23(19)32-24(30)26-22;;/h4-8,11,16,21,25,28-29H,9-10,12-15H2,1-3H3,(H,26,30);2*1H. The van der Waals surface area contributed by atoms with Gasteiger partial charge in [-0.05, 0) is 35.1 Å². The van der Waals surface area contributed by atoms with E-state index in [9.17, 15) is 15.0 Å². The molecule has 3 aromatic rings. The number of benzene rings is 2. The molecule has 1 atom stereocenters. The number of H-pyrrole nitrogens is 1. The van der Waals surface area contributed by atoms with Gasteiger partial charge in [0.25, 0.3) is 0 Å². The number of aromatic amines is 1. The summed E-state index contributed by atoms with van der Waals surface area (Å²) in [5.74, 6) is 0.614. The van der Waals surface area contributed by atoms with Gasteiger partial charge in [0, 0.05) is 33.2 Å². The molecule has 1 heterocycles. The second kappa shape index (κ2) is 14.7. The average Bonchev–Trinajstić information content (AvgIpc) is 3.13. The molecule has 10 heteroatoms. The van der Waals surface area contributed by atoms with Crippen LogP contribution in [0.5, 0.6) is 5.75 Å². The zero-order chi connectivity index (χ0) is 23.1. The molecule has 1 unspecified atom stereocenters. The fourth-order valence-electron chi connectivity index (χ4n) is 3.90. The van der Waals surface area contributed by atoms with Gasteiger partial charge in [-0.15, -0.1) is 24.8 Å². The number of phenols is 1. The first-order chi connectivity index (χ1) is 15.4. The molecule has 0 fully saturated rings. The van der Waals surface area contributed by atoms with Crippen LogP contribution in [-0.2, 0) is 24.1 Å². The van der Waals surface area contributed by atoms with Crippen molar-refractivity contribution in [1.29, 1.82) is 0 Å². The summed E-state index contributed by atoms with van der Waals surface area (Å²) in [6.07, 6.45) is 0.402. The first kappa shape index (κ1) is 30.4. The first-order valence-electron chi connectivity index (χ1n) is 10.9. The van der Waals surface area contributed by atoms with E-state index in [-0.39, 0.29) is 35.4 Å². The molecule has 0 amide bonds. The lowest BCUT2D eigenvalue weighted by molar-refractivity contribution is 0.0499. The number of fused-ring (bicyclic) bond motifs is 1. The average molecular weight is 533 g/mol. The third-order valence-electron chi connectivity index (χ3n) is 5.18. The molecule has 0 saturated heterocycles. The second-order valence-corrected chi connectivity index (χ2v) is 9.51. The summed E-state index contributed by atoms with van der Waals surface area (Å²) >= 11 is 1.05. The van der Waals surface area contributed by atoms with E-state index in [1.807, 2.05) is 0 Å². The Bertz CT molecular complexity index is 1070. The van der Waals surface area contributed by atoms with Crippen molar-refractivity contribution < 1.29 is 14.9 Å². The van der Waals surface area contributed by atoms with Gasteiger partial charge in [-0.2, -0.15) is 0 Å². The minimum atomic E-state index is -0.744. The Morgan fingerprint density at radius 1 is 1.18 bits per heavy atom. The van der Waals surface area contributed by atoms with Crippen LogP contribution in [0.15, 0.2) is 41.2 Å². The lowest BCUT2D eigenvalue weighted by Crippen LogP contribution is -2.32. The second-order valence-electron chi connectivity index (χ2n) is 8.53. The Kier molecular flexibility index (Phi) is 13.1. The highest BCUT2D eigenvalue weighted by Gasteiger charge is 2.13. The van der Waals surface area contributed by atoms with Crippen molar-refractivity contribution in [2.45, 2.75) is 39.5 Å². The number of thiazole rings is 1. The van der Waals surface area contributed by atoms with Crippen LogP contribution < -0.4 is 10.2 Å². The maximum atomic E-state index is 11.7. The summed E-state index contributed by atoms with van der Waals surface area (Å²) in [6.45, 7) is 7.46. The van der Waals surface area contributed by atoms with E-state index in [1.165, 1.54) is 11.1 Å². The number of aliphatic hydroxyl groups excluding tert-OH is 1. The largest absolute Gasteiger partial charge is 0.506 e. The van der Waals surface area contributed by atoms with Crippen molar-refractivity contribution in [3.05, 3.63) is 62.8 Å².